The van der Waals surface area contributed by atoms with Crippen molar-refractivity contribution in [1.82, 2.24) is 9.78 Å². The lowest BCUT2D eigenvalue weighted by Gasteiger charge is -2.10. The van der Waals surface area contributed by atoms with Gasteiger partial charge in [0.15, 0.2) is 0 Å². The minimum absolute atomic E-state index is 0.245. The highest BCUT2D eigenvalue weighted by Crippen LogP contribution is 2.29. The molecule has 0 spiro atoms. The highest BCUT2D eigenvalue weighted by atomic mass is 32.2. The quantitative estimate of drug-likeness (QED) is 0.495. The Bertz CT molecular complexity index is 870. The lowest BCUT2D eigenvalue weighted by Crippen LogP contribution is -2.22. The Kier molecular flexibility index (Phi) is 6.06. The number of anilines is 1. The molecule has 0 fully saturated rings. The summed E-state index contributed by atoms with van der Waals surface area (Å²) < 4.78 is 1.54. The number of aryl methyl sites for hydroxylation is 2. The number of nitrogens with zero attached hydrogens (tertiary/aromatic N) is 3. The van der Waals surface area contributed by atoms with E-state index in [2.05, 4.69) is 16.5 Å². The Hall–Kier alpha value is -2.24. The van der Waals surface area contributed by atoms with Gasteiger partial charge in [-0.15, -0.1) is 0 Å². The maximum Gasteiger partial charge on any atom is 0.282 e. The molecule has 0 bridgehead atoms. The Morgan fingerprint density at radius 1 is 1.50 bits per heavy atom. The van der Waals surface area contributed by atoms with E-state index in [0.717, 1.165) is 22.9 Å². The lowest BCUT2D eigenvalue weighted by atomic mass is 10.1. The number of hydrogen-bond acceptors (Lipinski definition) is 7. The predicted molar refractivity (Wildman–Crippen MR) is 99.8 cm³/mol. The van der Waals surface area contributed by atoms with E-state index < -0.39 is 0 Å². The largest absolute Gasteiger partial charge is 0.386 e. The Labute approximate surface area is 148 Å². The van der Waals surface area contributed by atoms with Crippen molar-refractivity contribution >= 4 is 33.6 Å². The third-order valence-electron chi connectivity index (χ3n) is 3.30. The topological polar surface area (TPSA) is 94.6 Å². The molecule has 1 aromatic heterocycles. The molecular formula is C16H17N5OS2. The minimum Gasteiger partial charge on any atom is -0.386 e. The van der Waals surface area contributed by atoms with Gasteiger partial charge >= 0.3 is 0 Å². The summed E-state index contributed by atoms with van der Waals surface area (Å²) >= 11 is 2.39. The highest BCUT2D eigenvalue weighted by Gasteiger charge is 2.13. The standard InChI is InChI=1S/C16H17N5OS2/c1-10-4-5-11(12(6-10)7-17)9-23-16(18)24-14-13(19-2)8-20-21(3)15(14)22/h4-6,8,18-19H,9H2,1-3H3. The van der Waals surface area contributed by atoms with Crippen molar-refractivity contribution in [3.05, 3.63) is 51.4 Å². The zero-order valence-electron chi connectivity index (χ0n) is 13.6. The first kappa shape index (κ1) is 18.1. The molecule has 1 aromatic carbocycles. The van der Waals surface area contributed by atoms with E-state index in [1.807, 2.05) is 25.1 Å². The summed E-state index contributed by atoms with van der Waals surface area (Å²) in [7, 11) is 3.29. The van der Waals surface area contributed by atoms with Crippen LogP contribution in [0.4, 0.5) is 5.69 Å². The number of hydrogen-bond donors (Lipinski definition) is 2. The van der Waals surface area contributed by atoms with Crippen molar-refractivity contribution in [2.24, 2.45) is 7.05 Å². The summed E-state index contributed by atoms with van der Waals surface area (Å²) in [5.41, 5.74) is 2.89. The monoisotopic (exact) mass is 359 g/mol. The van der Waals surface area contributed by atoms with Crippen LogP contribution in [-0.2, 0) is 12.8 Å². The average molecular weight is 359 g/mol. The fraction of sp³-hybridized carbons (Fsp3) is 0.250. The number of aromatic nitrogens is 2. The van der Waals surface area contributed by atoms with E-state index in [9.17, 15) is 10.1 Å². The smallest absolute Gasteiger partial charge is 0.282 e. The third-order valence-corrected chi connectivity index (χ3v) is 5.41. The second kappa shape index (κ2) is 8.04. The second-order valence-electron chi connectivity index (χ2n) is 5.02. The first-order valence-electron chi connectivity index (χ1n) is 7.09. The molecule has 2 N–H and O–H groups in total. The number of nitriles is 1. The molecule has 0 aliphatic heterocycles. The molecular weight excluding hydrogens is 342 g/mol. The molecule has 8 heteroatoms. The molecule has 0 saturated heterocycles. The summed E-state index contributed by atoms with van der Waals surface area (Å²) in [6, 6.07) is 7.88. The van der Waals surface area contributed by atoms with Crippen LogP contribution in [0.5, 0.6) is 0 Å². The van der Waals surface area contributed by atoms with Gasteiger partial charge in [0.05, 0.1) is 23.5 Å². The molecule has 0 amide bonds. The van der Waals surface area contributed by atoms with Crippen molar-refractivity contribution in [2.75, 3.05) is 12.4 Å². The van der Waals surface area contributed by atoms with Crippen LogP contribution in [0.1, 0.15) is 16.7 Å². The van der Waals surface area contributed by atoms with Crippen LogP contribution < -0.4 is 10.9 Å². The van der Waals surface area contributed by atoms with E-state index in [1.54, 1.807) is 20.3 Å². The average Bonchev–Trinajstić information content (AvgIpc) is 2.58. The Morgan fingerprint density at radius 2 is 2.25 bits per heavy atom. The van der Waals surface area contributed by atoms with Gasteiger partial charge in [-0.05, 0) is 24.1 Å². The van der Waals surface area contributed by atoms with Crippen LogP contribution >= 0.6 is 23.5 Å². The summed E-state index contributed by atoms with van der Waals surface area (Å²) in [5, 5.41) is 24.2. The van der Waals surface area contributed by atoms with Crippen LogP contribution in [0.3, 0.4) is 0 Å². The Morgan fingerprint density at radius 3 is 2.92 bits per heavy atom. The minimum atomic E-state index is -0.245. The van der Waals surface area contributed by atoms with E-state index in [0.29, 0.717) is 26.3 Å². The van der Waals surface area contributed by atoms with E-state index in [-0.39, 0.29) is 5.56 Å². The van der Waals surface area contributed by atoms with Crippen molar-refractivity contribution in [1.29, 1.82) is 10.7 Å². The maximum atomic E-state index is 12.2. The zero-order valence-corrected chi connectivity index (χ0v) is 15.2. The van der Waals surface area contributed by atoms with Crippen LogP contribution in [0.2, 0.25) is 0 Å². The SMILES string of the molecule is CNc1cnn(C)c(=O)c1SC(=N)SCc1ccc(C)cc1C#N. The predicted octanol–water partition coefficient (Wildman–Crippen LogP) is 2.96. The van der Waals surface area contributed by atoms with Gasteiger partial charge in [-0.2, -0.15) is 10.4 Å². The summed E-state index contributed by atoms with van der Waals surface area (Å²) in [6.45, 7) is 1.94. The molecule has 2 aromatic rings. The van der Waals surface area contributed by atoms with E-state index in [4.69, 9.17) is 5.41 Å². The van der Waals surface area contributed by atoms with Gasteiger partial charge in [0.2, 0.25) is 0 Å². The Balaban J connectivity index is 2.12. The van der Waals surface area contributed by atoms with Crippen LogP contribution in [0.15, 0.2) is 34.1 Å². The molecule has 0 atom stereocenters. The van der Waals surface area contributed by atoms with Gasteiger partial charge in [0, 0.05) is 19.8 Å². The molecule has 124 valence electrons. The molecule has 0 unspecified atom stereocenters. The fourth-order valence-corrected chi connectivity index (χ4v) is 3.85. The number of benzene rings is 1. The van der Waals surface area contributed by atoms with Crippen molar-refractivity contribution < 1.29 is 0 Å². The van der Waals surface area contributed by atoms with Crippen molar-refractivity contribution in [2.45, 2.75) is 17.6 Å². The van der Waals surface area contributed by atoms with E-state index >= 15 is 0 Å². The number of nitrogens with one attached hydrogen (secondary N) is 2. The molecule has 6 nitrogen and oxygen atoms in total. The van der Waals surface area contributed by atoms with Crippen molar-refractivity contribution in [3.8, 4) is 6.07 Å². The summed E-state index contributed by atoms with van der Waals surface area (Å²) in [6.07, 6.45) is 1.56. The highest BCUT2D eigenvalue weighted by molar-refractivity contribution is 8.38. The lowest BCUT2D eigenvalue weighted by molar-refractivity contribution is 0.690. The van der Waals surface area contributed by atoms with Gasteiger partial charge in [0.1, 0.15) is 9.27 Å². The summed E-state index contributed by atoms with van der Waals surface area (Å²) in [5.74, 6) is 0.509. The molecule has 0 radical (unpaired) electrons. The van der Waals surface area contributed by atoms with E-state index in [1.165, 1.54) is 16.4 Å². The van der Waals surface area contributed by atoms with Crippen LogP contribution in [0.25, 0.3) is 0 Å². The number of thioether (sulfide) groups is 2. The number of rotatable bonds is 4. The summed E-state index contributed by atoms with van der Waals surface area (Å²) in [4.78, 5) is 12.6. The molecule has 2 rings (SSSR count). The second-order valence-corrected chi connectivity index (χ2v) is 7.28. The normalized spacial score (nSPS) is 10.2. The van der Waals surface area contributed by atoms with Gasteiger partial charge in [-0.3, -0.25) is 10.2 Å². The van der Waals surface area contributed by atoms with Gasteiger partial charge in [-0.1, -0.05) is 35.7 Å². The van der Waals surface area contributed by atoms with Crippen LogP contribution in [0, 0.1) is 23.7 Å². The molecule has 0 aliphatic rings. The molecule has 0 aliphatic carbocycles. The van der Waals surface area contributed by atoms with Gasteiger partial charge in [0.25, 0.3) is 5.56 Å². The van der Waals surface area contributed by atoms with Crippen molar-refractivity contribution in [3.63, 3.8) is 0 Å². The first-order chi connectivity index (χ1) is 11.5. The fourth-order valence-electron chi connectivity index (χ4n) is 1.98. The van der Waals surface area contributed by atoms with Gasteiger partial charge in [-0.25, -0.2) is 4.68 Å². The first-order valence-corrected chi connectivity index (χ1v) is 8.89. The molecule has 0 saturated carbocycles. The third kappa shape index (κ3) is 4.19. The zero-order chi connectivity index (χ0) is 17.7. The van der Waals surface area contributed by atoms with Gasteiger partial charge < -0.3 is 5.32 Å². The maximum absolute atomic E-state index is 12.2. The van der Waals surface area contributed by atoms with Crippen LogP contribution in [-0.4, -0.2) is 21.2 Å². The molecule has 1 heterocycles. The molecule has 24 heavy (non-hydrogen) atoms.